The number of aromatic nitrogens is 2. The maximum absolute atomic E-state index is 14.2. The predicted molar refractivity (Wildman–Crippen MR) is 74.4 cm³/mol. The quantitative estimate of drug-likeness (QED) is 0.879. The van der Waals surface area contributed by atoms with E-state index in [1.165, 1.54) is 12.7 Å². The Morgan fingerprint density at radius 3 is 2.89 bits per heavy atom. The van der Waals surface area contributed by atoms with Gasteiger partial charge in [-0.05, 0) is 25.2 Å². The molecular formula is C14H23FN4. The van der Waals surface area contributed by atoms with Crippen molar-refractivity contribution in [2.75, 3.05) is 11.9 Å². The highest BCUT2D eigenvalue weighted by Gasteiger charge is 2.37. The van der Waals surface area contributed by atoms with Crippen LogP contribution in [0.2, 0.25) is 0 Å². The lowest BCUT2D eigenvalue weighted by Crippen LogP contribution is -2.52. The fourth-order valence-electron chi connectivity index (χ4n) is 2.93. The van der Waals surface area contributed by atoms with E-state index in [1.807, 2.05) is 6.92 Å². The normalized spacial score (nSPS) is 27.3. The Labute approximate surface area is 114 Å². The minimum Gasteiger partial charge on any atom is -0.361 e. The first-order valence-electron chi connectivity index (χ1n) is 7.10. The molecule has 4 nitrogen and oxygen atoms in total. The van der Waals surface area contributed by atoms with Crippen molar-refractivity contribution < 1.29 is 4.39 Å². The van der Waals surface area contributed by atoms with Gasteiger partial charge in [0.15, 0.2) is 11.6 Å². The molecule has 0 aliphatic heterocycles. The van der Waals surface area contributed by atoms with Crippen molar-refractivity contribution in [3.05, 3.63) is 17.8 Å². The summed E-state index contributed by atoms with van der Waals surface area (Å²) >= 11 is 0. The molecule has 1 aliphatic carbocycles. The maximum Gasteiger partial charge on any atom is 0.186 e. The Morgan fingerprint density at radius 1 is 1.47 bits per heavy atom. The average molecular weight is 266 g/mol. The van der Waals surface area contributed by atoms with Crippen LogP contribution < -0.4 is 11.1 Å². The molecule has 1 heterocycles. The number of hydrogen-bond donors (Lipinski definition) is 2. The number of nitrogens with two attached hydrogens (primary N) is 1. The Balaban J connectivity index is 2.27. The minimum atomic E-state index is -0.337. The molecule has 1 aromatic heterocycles. The Morgan fingerprint density at radius 2 is 2.26 bits per heavy atom. The van der Waals surface area contributed by atoms with E-state index in [9.17, 15) is 4.39 Å². The molecule has 5 heteroatoms. The van der Waals surface area contributed by atoms with Crippen LogP contribution in [0.4, 0.5) is 10.2 Å². The van der Waals surface area contributed by atoms with Crippen molar-refractivity contribution >= 4 is 5.82 Å². The van der Waals surface area contributed by atoms with Crippen LogP contribution in [0, 0.1) is 11.7 Å². The molecule has 0 saturated heterocycles. The molecule has 0 radical (unpaired) electrons. The summed E-state index contributed by atoms with van der Waals surface area (Å²) in [6.07, 6.45) is 6.42. The lowest BCUT2D eigenvalue weighted by molar-refractivity contribution is 0.234. The second kappa shape index (κ2) is 5.82. The number of anilines is 1. The van der Waals surface area contributed by atoms with Crippen LogP contribution in [0.5, 0.6) is 0 Å². The van der Waals surface area contributed by atoms with Crippen LogP contribution in [0.3, 0.4) is 0 Å². The van der Waals surface area contributed by atoms with Crippen molar-refractivity contribution in [1.82, 2.24) is 9.97 Å². The number of aryl methyl sites for hydroxylation is 1. The lowest BCUT2D eigenvalue weighted by atomic mass is 9.73. The number of nitrogens with zero attached hydrogens (tertiary/aromatic N) is 2. The lowest BCUT2D eigenvalue weighted by Gasteiger charge is -2.43. The van der Waals surface area contributed by atoms with E-state index >= 15 is 0 Å². The van der Waals surface area contributed by atoms with Gasteiger partial charge in [-0.3, -0.25) is 0 Å². The zero-order valence-electron chi connectivity index (χ0n) is 11.7. The monoisotopic (exact) mass is 266 g/mol. The molecule has 0 bridgehead atoms. The SMILES string of the molecule is CCc1ncnc(NC2(CN)CCCCC2C)c1F. The topological polar surface area (TPSA) is 63.8 Å². The van der Waals surface area contributed by atoms with Crippen molar-refractivity contribution in [3.8, 4) is 0 Å². The zero-order chi connectivity index (χ0) is 13.9. The highest BCUT2D eigenvalue weighted by molar-refractivity contribution is 5.41. The van der Waals surface area contributed by atoms with E-state index in [1.54, 1.807) is 0 Å². The number of nitrogens with one attached hydrogen (secondary N) is 1. The van der Waals surface area contributed by atoms with Crippen molar-refractivity contribution in [2.24, 2.45) is 11.7 Å². The summed E-state index contributed by atoms with van der Waals surface area (Å²) in [5.74, 6) is 0.382. The average Bonchev–Trinajstić information content (AvgIpc) is 2.44. The van der Waals surface area contributed by atoms with Gasteiger partial charge in [-0.25, -0.2) is 14.4 Å². The fraction of sp³-hybridized carbons (Fsp3) is 0.714. The summed E-state index contributed by atoms with van der Waals surface area (Å²) in [6, 6.07) is 0. The van der Waals surface area contributed by atoms with Crippen LogP contribution in [-0.2, 0) is 6.42 Å². The Bertz CT molecular complexity index is 437. The second-order valence-electron chi connectivity index (χ2n) is 5.47. The standard InChI is InChI=1S/C14H23FN4/c1-3-11-12(15)13(18-9-17-11)19-14(8-16)7-5-4-6-10(14)2/h9-10H,3-8,16H2,1-2H3,(H,17,18,19). The highest BCUT2D eigenvalue weighted by Crippen LogP contribution is 2.36. The zero-order valence-corrected chi connectivity index (χ0v) is 11.7. The molecule has 106 valence electrons. The molecule has 2 rings (SSSR count). The van der Waals surface area contributed by atoms with Crippen molar-refractivity contribution in [1.29, 1.82) is 0 Å². The molecule has 0 aromatic carbocycles. The number of halogens is 1. The third-order valence-corrected chi connectivity index (χ3v) is 4.38. The molecule has 0 amide bonds. The molecule has 19 heavy (non-hydrogen) atoms. The fourth-order valence-corrected chi connectivity index (χ4v) is 2.93. The molecular weight excluding hydrogens is 243 g/mol. The first-order chi connectivity index (χ1) is 9.13. The van der Waals surface area contributed by atoms with Crippen molar-refractivity contribution in [2.45, 2.75) is 51.5 Å². The molecule has 2 unspecified atom stereocenters. The van der Waals surface area contributed by atoms with Crippen LogP contribution in [0.25, 0.3) is 0 Å². The summed E-state index contributed by atoms with van der Waals surface area (Å²) in [6.45, 7) is 4.56. The molecule has 1 aromatic rings. The van der Waals surface area contributed by atoms with Gasteiger partial charge < -0.3 is 11.1 Å². The molecule has 1 aliphatic rings. The summed E-state index contributed by atoms with van der Waals surface area (Å²) in [5.41, 5.74) is 6.18. The van der Waals surface area contributed by atoms with E-state index in [2.05, 4.69) is 22.2 Å². The number of hydrogen-bond acceptors (Lipinski definition) is 4. The van der Waals surface area contributed by atoms with Gasteiger partial charge in [0.25, 0.3) is 0 Å². The van der Waals surface area contributed by atoms with Crippen LogP contribution in [-0.4, -0.2) is 22.1 Å². The highest BCUT2D eigenvalue weighted by atomic mass is 19.1. The summed E-state index contributed by atoms with van der Waals surface area (Å²) in [7, 11) is 0. The van der Waals surface area contributed by atoms with Crippen LogP contribution in [0.1, 0.15) is 45.2 Å². The van der Waals surface area contributed by atoms with E-state index in [4.69, 9.17) is 5.73 Å². The van der Waals surface area contributed by atoms with Gasteiger partial charge >= 0.3 is 0 Å². The maximum atomic E-state index is 14.2. The van der Waals surface area contributed by atoms with Crippen molar-refractivity contribution in [3.63, 3.8) is 0 Å². The summed E-state index contributed by atoms with van der Waals surface area (Å²) in [4.78, 5) is 8.02. The Hall–Kier alpha value is -1.23. The van der Waals surface area contributed by atoms with Gasteiger partial charge in [-0.15, -0.1) is 0 Å². The third-order valence-electron chi connectivity index (χ3n) is 4.38. The molecule has 2 atom stereocenters. The first kappa shape index (κ1) is 14.2. The predicted octanol–water partition coefficient (Wildman–Crippen LogP) is 2.50. The van der Waals surface area contributed by atoms with E-state index in [0.29, 0.717) is 30.4 Å². The smallest absolute Gasteiger partial charge is 0.186 e. The molecule has 0 spiro atoms. The van der Waals surface area contributed by atoms with E-state index in [0.717, 1.165) is 19.3 Å². The number of rotatable bonds is 4. The van der Waals surface area contributed by atoms with E-state index in [-0.39, 0.29) is 11.4 Å². The van der Waals surface area contributed by atoms with Crippen LogP contribution in [0.15, 0.2) is 6.33 Å². The third kappa shape index (κ3) is 2.71. The van der Waals surface area contributed by atoms with Gasteiger partial charge in [-0.1, -0.05) is 26.7 Å². The largest absolute Gasteiger partial charge is 0.361 e. The minimum absolute atomic E-state index is 0.238. The summed E-state index contributed by atoms with van der Waals surface area (Å²) in [5, 5.41) is 3.29. The van der Waals surface area contributed by atoms with Gasteiger partial charge in [0, 0.05) is 6.54 Å². The molecule has 1 fully saturated rings. The van der Waals surface area contributed by atoms with Gasteiger partial charge in [0.05, 0.1) is 11.2 Å². The molecule has 1 saturated carbocycles. The Kier molecular flexibility index (Phi) is 4.34. The van der Waals surface area contributed by atoms with Gasteiger partial charge in [0.2, 0.25) is 0 Å². The second-order valence-corrected chi connectivity index (χ2v) is 5.47. The first-order valence-corrected chi connectivity index (χ1v) is 7.10. The van der Waals surface area contributed by atoms with Crippen LogP contribution >= 0.6 is 0 Å². The summed E-state index contributed by atoms with van der Waals surface area (Å²) < 4.78 is 14.2. The van der Waals surface area contributed by atoms with Gasteiger partial charge in [0.1, 0.15) is 6.33 Å². The molecule has 3 N–H and O–H groups in total. The van der Waals surface area contributed by atoms with E-state index < -0.39 is 0 Å². The van der Waals surface area contributed by atoms with Gasteiger partial charge in [-0.2, -0.15) is 0 Å².